The third-order valence-corrected chi connectivity index (χ3v) is 8.49. The van der Waals surface area contributed by atoms with Crippen molar-refractivity contribution < 1.29 is 44.5 Å². The molecule has 16 heteroatoms. The van der Waals surface area contributed by atoms with E-state index in [-0.39, 0.29) is 44.7 Å². The number of hydrogen-bond acceptors (Lipinski definition) is 15. The summed E-state index contributed by atoms with van der Waals surface area (Å²) in [6, 6.07) is -2.79. The van der Waals surface area contributed by atoms with Crippen LogP contribution in [-0.2, 0) is 18.9 Å². The van der Waals surface area contributed by atoms with E-state index in [1.807, 2.05) is 0 Å². The molecule has 0 bridgehead atoms. The molecule has 0 aromatic rings. The van der Waals surface area contributed by atoms with Crippen molar-refractivity contribution in [3.8, 4) is 0 Å². The van der Waals surface area contributed by atoms with E-state index in [0.29, 0.717) is 25.9 Å². The third kappa shape index (κ3) is 7.35. The number of aliphatic hydroxyl groups is 5. The summed E-state index contributed by atoms with van der Waals surface area (Å²) in [5.74, 6) is -0.0226. The second kappa shape index (κ2) is 13.7. The molecule has 16 nitrogen and oxygen atoms in total. The van der Waals surface area contributed by atoms with Gasteiger partial charge in [-0.05, 0) is 33.2 Å². The summed E-state index contributed by atoms with van der Waals surface area (Å²) >= 11 is 0. The van der Waals surface area contributed by atoms with Gasteiger partial charge in [0.25, 0.3) is 0 Å². The lowest BCUT2D eigenvalue weighted by molar-refractivity contribution is -0.306. The van der Waals surface area contributed by atoms with Crippen LogP contribution in [-0.4, -0.2) is 156 Å². The van der Waals surface area contributed by atoms with Gasteiger partial charge in [0.05, 0.1) is 37.4 Å². The van der Waals surface area contributed by atoms with E-state index in [9.17, 15) is 20.4 Å². The van der Waals surface area contributed by atoms with E-state index in [2.05, 4.69) is 20.9 Å². The Morgan fingerprint density at radius 2 is 1.78 bits per heavy atom. The van der Waals surface area contributed by atoms with Crippen molar-refractivity contribution in [1.29, 1.82) is 0 Å². The molecule has 0 aromatic carbocycles. The molecule has 0 spiro atoms. The minimum absolute atomic E-state index is 0.00472. The van der Waals surface area contributed by atoms with Gasteiger partial charge in [0.1, 0.15) is 41.5 Å². The number of nitrogens with two attached hydrogens (primary N) is 3. The normalized spacial score (nSPS) is 45.3. The first-order chi connectivity index (χ1) is 19.4. The van der Waals surface area contributed by atoms with Crippen molar-refractivity contribution in [3.05, 3.63) is 0 Å². The molecule has 3 heterocycles. The average Bonchev–Trinajstić information content (AvgIpc) is 2.90. The van der Waals surface area contributed by atoms with Gasteiger partial charge < -0.3 is 77.6 Å². The fraction of sp³-hybridized carbons (Fsp3) is 0.960. The summed E-state index contributed by atoms with van der Waals surface area (Å²) in [6.45, 7) is 2.79. The van der Waals surface area contributed by atoms with Gasteiger partial charge >= 0.3 is 0 Å². The maximum absolute atomic E-state index is 11.6. The highest BCUT2D eigenvalue weighted by molar-refractivity contribution is 5.90. The Bertz CT molecular complexity index is 882. The van der Waals surface area contributed by atoms with Crippen LogP contribution < -0.4 is 33.2 Å². The second-order valence-electron chi connectivity index (χ2n) is 11.9. The summed E-state index contributed by atoms with van der Waals surface area (Å²) in [5.41, 5.74) is 16.3. The largest absolute Gasteiger partial charge is 0.395 e. The molecule has 12 atom stereocenters. The number of hydrogen-bond donors (Lipinski definition) is 11. The quantitative estimate of drug-likeness (QED) is 0.0607. The molecule has 1 saturated carbocycles. The molecule has 14 N–H and O–H groups in total. The van der Waals surface area contributed by atoms with Crippen molar-refractivity contribution in [2.75, 3.05) is 46.4 Å². The monoisotopic (exact) mass is 591 g/mol. The lowest BCUT2D eigenvalue weighted by Gasteiger charge is -2.48. The number of rotatable bonds is 11. The fourth-order valence-corrected chi connectivity index (χ4v) is 5.91. The zero-order valence-electron chi connectivity index (χ0n) is 23.8. The highest BCUT2D eigenvalue weighted by Crippen LogP contribution is 2.33. The Kier molecular flexibility index (Phi) is 11.0. The third-order valence-electron chi connectivity index (χ3n) is 8.49. The van der Waals surface area contributed by atoms with E-state index >= 15 is 0 Å². The van der Waals surface area contributed by atoms with E-state index in [1.54, 1.807) is 7.05 Å². The van der Waals surface area contributed by atoms with Crippen molar-refractivity contribution in [2.24, 2.45) is 22.2 Å². The van der Waals surface area contributed by atoms with Gasteiger partial charge in [-0.15, -0.1) is 0 Å². The smallest absolute Gasteiger partial charge is 0.185 e. The van der Waals surface area contributed by atoms with Crippen LogP contribution in [0.4, 0.5) is 0 Å². The SMILES string of the molecule is CN[C@@H]1[C@@H](O)[C@@H](O[C@@H]2[C@@H](O)[C@H](O[C@H]3O[C@H](CNCCO)CC[C@H]3N)[C@@H](N)C[C@H]2N=C(N)C2(O)CNC2)OC[C@]1(C)O. The van der Waals surface area contributed by atoms with Gasteiger partial charge in [0.15, 0.2) is 12.6 Å². The first-order valence-corrected chi connectivity index (χ1v) is 14.3. The Labute approximate surface area is 239 Å². The summed E-state index contributed by atoms with van der Waals surface area (Å²) in [5, 5.41) is 61.9. The second-order valence-corrected chi connectivity index (χ2v) is 11.9. The van der Waals surface area contributed by atoms with E-state index in [0.717, 1.165) is 0 Å². The van der Waals surface area contributed by atoms with Crippen LogP contribution in [0.5, 0.6) is 0 Å². The standard InChI is InChI=1S/C25H49N7O9/c1-24(36)11-38-22(17(35)20(24)29-2)41-19-15(32-23(28)25(37)9-31-10-25)7-14(27)18(16(19)34)40-21-13(26)4-3-12(39-21)8-30-5-6-33/h12-22,29-31,33-37H,3-11,26-27H2,1-2H3,(H2,28,32)/t12-,13+,14-,15+,16-,17+,18+,19-,20+,21+,22+,24-/m0/s1. The highest BCUT2D eigenvalue weighted by Gasteiger charge is 2.52. The Balaban J connectivity index is 1.53. The molecule has 0 aromatic heterocycles. The van der Waals surface area contributed by atoms with E-state index < -0.39 is 72.4 Å². The van der Waals surface area contributed by atoms with Crippen molar-refractivity contribution in [3.63, 3.8) is 0 Å². The van der Waals surface area contributed by atoms with Gasteiger partial charge in [-0.3, -0.25) is 4.99 Å². The van der Waals surface area contributed by atoms with Gasteiger partial charge in [-0.25, -0.2) is 0 Å². The lowest BCUT2D eigenvalue weighted by Crippen LogP contribution is -2.69. The molecule has 0 amide bonds. The predicted molar refractivity (Wildman–Crippen MR) is 147 cm³/mol. The Morgan fingerprint density at radius 1 is 1.07 bits per heavy atom. The Morgan fingerprint density at radius 3 is 2.41 bits per heavy atom. The minimum atomic E-state index is -1.37. The zero-order valence-corrected chi connectivity index (χ0v) is 23.8. The van der Waals surface area contributed by atoms with Crippen molar-refractivity contribution >= 4 is 5.84 Å². The summed E-state index contributed by atoms with van der Waals surface area (Å²) in [4.78, 5) is 4.52. The topological polar surface area (TPSA) is 265 Å². The first kappa shape index (κ1) is 32.8. The van der Waals surface area contributed by atoms with Crippen LogP contribution >= 0.6 is 0 Å². The fourth-order valence-electron chi connectivity index (χ4n) is 5.91. The van der Waals surface area contributed by atoms with E-state index in [4.69, 9.17) is 41.3 Å². The van der Waals surface area contributed by atoms with Gasteiger partial charge in [-0.2, -0.15) is 0 Å². The number of amidine groups is 1. The first-order valence-electron chi connectivity index (χ1n) is 14.3. The number of aliphatic imine (C=N–C) groups is 1. The van der Waals surface area contributed by atoms with Crippen LogP contribution in [0.25, 0.3) is 0 Å². The Hall–Kier alpha value is -1.09. The molecule has 0 unspecified atom stereocenters. The molecule has 41 heavy (non-hydrogen) atoms. The number of nitrogens with zero attached hydrogens (tertiary/aromatic N) is 1. The molecule has 3 aliphatic heterocycles. The molecular weight excluding hydrogens is 542 g/mol. The van der Waals surface area contributed by atoms with Crippen LogP contribution in [0.1, 0.15) is 26.2 Å². The van der Waals surface area contributed by atoms with Gasteiger partial charge in [0.2, 0.25) is 0 Å². The van der Waals surface area contributed by atoms with Crippen LogP contribution in [0.15, 0.2) is 4.99 Å². The average molecular weight is 592 g/mol. The molecule has 4 fully saturated rings. The highest BCUT2D eigenvalue weighted by atomic mass is 16.7. The molecule has 3 saturated heterocycles. The molecule has 4 rings (SSSR count). The number of ether oxygens (including phenoxy) is 4. The van der Waals surface area contributed by atoms with Crippen LogP contribution in [0.3, 0.4) is 0 Å². The zero-order chi connectivity index (χ0) is 29.9. The van der Waals surface area contributed by atoms with Gasteiger partial charge in [0, 0.05) is 32.2 Å². The number of β-amino-alcohol motifs (C(OH)–C–C–N with tert-alkyl or cyclic N) is 1. The molecule has 0 radical (unpaired) electrons. The van der Waals surface area contributed by atoms with Crippen LogP contribution in [0, 0.1) is 0 Å². The molecule has 238 valence electrons. The summed E-state index contributed by atoms with van der Waals surface area (Å²) in [7, 11) is 1.60. The molecular formula is C25H49N7O9. The number of nitrogens with one attached hydrogen (secondary N) is 3. The van der Waals surface area contributed by atoms with Crippen molar-refractivity contribution in [2.45, 2.75) is 105 Å². The van der Waals surface area contributed by atoms with Crippen molar-refractivity contribution in [1.82, 2.24) is 16.0 Å². The predicted octanol–water partition coefficient (Wildman–Crippen LogP) is -5.62. The van der Waals surface area contributed by atoms with Gasteiger partial charge in [-0.1, -0.05) is 0 Å². The summed E-state index contributed by atoms with van der Waals surface area (Å²) < 4.78 is 24.1. The molecule has 4 aliphatic rings. The lowest BCUT2D eigenvalue weighted by atomic mass is 9.83. The number of aliphatic hydroxyl groups excluding tert-OH is 3. The summed E-state index contributed by atoms with van der Waals surface area (Å²) in [6.07, 6.45) is -5.57. The van der Waals surface area contributed by atoms with E-state index in [1.165, 1.54) is 6.92 Å². The maximum atomic E-state index is 11.6. The maximum Gasteiger partial charge on any atom is 0.185 e. The number of likely N-dealkylation sites (N-methyl/N-ethyl adjacent to an activating group) is 1. The molecule has 1 aliphatic carbocycles. The minimum Gasteiger partial charge on any atom is -0.395 e. The van der Waals surface area contributed by atoms with Crippen LogP contribution in [0.2, 0.25) is 0 Å².